The van der Waals surface area contributed by atoms with E-state index in [9.17, 15) is 4.39 Å². The van der Waals surface area contributed by atoms with Crippen LogP contribution < -0.4 is 10.1 Å². The van der Waals surface area contributed by atoms with Crippen LogP contribution in [-0.2, 0) is 4.74 Å². The number of halogens is 2. The molecule has 3 rings (SSSR count). The van der Waals surface area contributed by atoms with Gasteiger partial charge in [0.2, 0.25) is 0 Å². The van der Waals surface area contributed by atoms with Crippen molar-refractivity contribution in [1.82, 2.24) is 5.32 Å². The Bertz CT molecular complexity index is 617. The molecule has 0 spiro atoms. The van der Waals surface area contributed by atoms with E-state index < -0.39 is 5.82 Å². The maximum Gasteiger partial charge on any atom is 0.166 e. The van der Waals surface area contributed by atoms with E-state index in [4.69, 9.17) is 21.1 Å². The zero-order valence-electron chi connectivity index (χ0n) is 12.0. The van der Waals surface area contributed by atoms with E-state index in [1.165, 1.54) is 6.07 Å². The molecule has 5 heteroatoms. The first-order valence-electron chi connectivity index (χ1n) is 7.23. The van der Waals surface area contributed by atoms with Crippen LogP contribution in [-0.4, -0.2) is 25.8 Å². The molecule has 0 aromatic heterocycles. The van der Waals surface area contributed by atoms with Gasteiger partial charge in [0, 0.05) is 18.1 Å². The summed E-state index contributed by atoms with van der Waals surface area (Å²) in [6.45, 7) is 2.09. The number of nitrogens with one attached hydrogen (secondary N) is 1. The van der Waals surface area contributed by atoms with Gasteiger partial charge in [-0.05, 0) is 23.8 Å². The third-order valence-corrected chi connectivity index (χ3v) is 3.81. The molecule has 2 atom stereocenters. The third kappa shape index (κ3) is 3.58. The van der Waals surface area contributed by atoms with Crippen LogP contribution in [0.2, 0.25) is 5.02 Å². The summed E-state index contributed by atoms with van der Waals surface area (Å²) in [7, 11) is 0. The monoisotopic (exact) mass is 321 g/mol. The van der Waals surface area contributed by atoms with Gasteiger partial charge in [-0.3, -0.25) is 0 Å². The summed E-state index contributed by atoms with van der Waals surface area (Å²) in [6, 6.07) is 14.1. The minimum absolute atomic E-state index is 0.174. The Morgan fingerprint density at radius 2 is 2.05 bits per heavy atom. The number of ether oxygens (including phenoxy) is 2. The molecule has 116 valence electrons. The van der Waals surface area contributed by atoms with Crippen LogP contribution in [0.5, 0.6) is 5.75 Å². The molecule has 3 nitrogen and oxygen atoms in total. The van der Waals surface area contributed by atoms with Crippen LogP contribution in [0.1, 0.15) is 11.7 Å². The molecule has 0 amide bonds. The lowest BCUT2D eigenvalue weighted by molar-refractivity contribution is -0.0442. The minimum atomic E-state index is -0.475. The fourth-order valence-electron chi connectivity index (χ4n) is 2.49. The van der Waals surface area contributed by atoms with Gasteiger partial charge in [0.05, 0.1) is 6.61 Å². The van der Waals surface area contributed by atoms with Crippen LogP contribution in [0.4, 0.5) is 4.39 Å². The fraction of sp³-hybridized carbons (Fsp3) is 0.294. The van der Waals surface area contributed by atoms with Gasteiger partial charge in [0.1, 0.15) is 6.10 Å². The van der Waals surface area contributed by atoms with Crippen LogP contribution in [0.15, 0.2) is 48.5 Å². The molecule has 22 heavy (non-hydrogen) atoms. The minimum Gasteiger partial charge on any atom is -0.480 e. The molecule has 0 aliphatic carbocycles. The molecule has 1 heterocycles. The lowest BCUT2D eigenvalue weighted by Gasteiger charge is -2.31. The number of morpholine rings is 1. The van der Waals surface area contributed by atoms with Gasteiger partial charge in [-0.2, -0.15) is 0 Å². The number of hydrogen-bond donors (Lipinski definition) is 1. The molecule has 2 aromatic rings. The van der Waals surface area contributed by atoms with E-state index in [0.717, 1.165) is 12.1 Å². The van der Waals surface area contributed by atoms with E-state index in [-0.39, 0.29) is 18.0 Å². The molecule has 0 radical (unpaired) electrons. The fourth-order valence-corrected chi connectivity index (χ4v) is 2.65. The Morgan fingerprint density at radius 1 is 1.23 bits per heavy atom. The lowest BCUT2D eigenvalue weighted by Crippen LogP contribution is -2.43. The predicted octanol–water partition coefficient (Wildman–Crippen LogP) is 3.59. The maximum absolute atomic E-state index is 14.0. The van der Waals surface area contributed by atoms with Gasteiger partial charge in [0.25, 0.3) is 0 Å². The molecule has 2 aromatic carbocycles. The predicted molar refractivity (Wildman–Crippen MR) is 83.8 cm³/mol. The Hall–Kier alpha value is -1.62. The van der Waals surface area contributed by atoms with Crippen LogP contribution in [0.3, 0.4) is 0 Å². The second kappa shape index (κ2) is 7.09. The van der Waals surface area contributed by atoms with Crippen LogP contribution in [0.25, 0.3) is 0 Å². The molecule has 1 N–H and O–H groups in total. The summed E-state index contributed by atoms with van der Waals surface area (Å²) < 4.78 is 25.7. The largest absolute Gasteiger partial charge is 0.480 e. The van der Waals surface area contributed by atoms with Gasteiger partial charge in [-0.1, -0.05) is 41.9 Å². The molecule has 1 fully saturated rings. The highest BCUT2D eigenvalue weighted by atomic mass is 35.5. The quantitative estimate of drug-likeness (QED) is 0.933. The van der Waals surface area contributed by atoms with Crippen molar-refractivity contribution in [3.05, 3.63) is 64.9 Å². The van der Waals surface area contributed by atoms with E-state index in [0.29, 0.717) is 18.2 Å². The molecule has 2 unspecified atom stereocenters. The summed E-state index contributed by atoms with van der Waals surface area (Å²) in [4.78, 5) is 0. The summed E-state index contributed by atoms with van der Waals surface area (Å²) >= 11 is 5.79. The standard InChI is InChI=1S/C17H17ClFNO2/c18-13-6-7-15(14(19)10-13)22-17(12-4-2-1-3-5-12)16-11-20-8-9-21-16/h1-7,10,16-17,20H,8-9,11H2. The van der Waals surface area contributed by atoms with Crippen molar-refractivity contribution < 1.29 is 13.9 Å². The van der Waals surface area contributed by atoms with Crippen LogP contribution in [0, 0.1) is 5.82 Å². The van der Waals surface area contributed by atoms with Gasteiger partial charge in [-0.15, -0.1) is 0 Å². The Kier molecular flexibility index (Phi) is 4.93. The SMILES string of the molecule is Fc1cc(Cl)ccc1OC(c1ccccc1)C1CNCCO1. The van der Waals surface area contributed by atoms with Crippen molar-refractivity contribution in [1.29, 1.82) is 0 Å². The summed E-state index contributed by atoms with van der Waals surface area (Å²) in [5, 5.41) is 3.62. The number of benzene rings is 2. The van der Waals surface area contributed by atoms with Gasteiger partial charge in [0.15, 0.2) is 17.7 Å². The summed E-state index contributed by atoms with van der Waals surface area (Å²) in [5.74, 6) is -0.301. The first kappa shape index (κ1) is 15.3. The number of rotatable bonds is 4. The highest BCUT2D eigenvalue weighted by Gasteiger charge is 2.28. The molecular formula is C17H17ClFNO2. The summed E-state index contributed by atoms with van der Waals surface area (Å²) in [5.41, 5.74) is 0.950. The van der Waals surface area contributed by atoms with E-state index in [2.05, 4.69) is 5.32 Å². The van der Waals surface area contributed by atoms with Crippen molar-refractivity contribution in [3.63, 3.8) is 0 Å². The average molecular weight is 322 g/mol. The first-order chi connectivity index (χ1) is 10.7. The number of hydrogen-bond acceptors (Lipinski definition) is 3. The van der Waals surface area contributed by atoms with Crippen molar-refractivity contribution in [2.45, 2.75) is 12.2 Å². The smallest absolute Gasteiger partial charge is 0.166 e. The lowest BCUT2D eigenvalue weighted by atomic mass is 10.0. The Morgan fingerprint density at radius 3 is 2.73 bits per heavy atom. The molecule has 1 aliphatic rings. The topological polar surface area (TPSA) is 30.5 Å². The Balaban J connectivity index is 1.87. The van der Waals surface area contributed by atoms with Gasteiger partial charge in [-0.25, -0.2) is 4.39 Å². The zero-order valence-corrected chi connectivity index (χ0v) is 12.7. The second-order valence-electron chi connectivity index (χ2n) is 5.14. The van der Waals surface area contributed by atoms with E-state index >= 15 is 0 Å². The highest BCUT2D eigenvalue weighted by Crippen LogP contribution is 2.30. The first-order valence-corrected chi connectivity index (χ1v) is 7.61. The summed E-state index contributed by atoms with van der Waals surface area (Å²) in [6.07, 6.45) is -0.559. The van der Waals surface area contributed by atoms with Crippen molar-refractivity contribution >= 4 is 11.6 Å². The van der Waals surface area contributed by atoms with Crippen molar-refractivity contribution in [2.24, 2.45) is 0 Å². The second-order valence-corrected chi connectivity index (χ2v) is 5.57. The Labute approximate surface area is 134 Å². The molecule has 1 aliphatic heterocycles. The van der Waals surface area contributed by atoms with E-state index in [1.54, 1.807) is 12.1 Å². The molecule has 0 bridgehead atoms. The van der Waals surface area contributed by atoms with Gasteiger partial charge < -0.3 is 14.8 Å². The zero-order chi connectivity index (χ0) is 15.4. The highest BCUT2D eigenvalue weighted by molar-refractivity contribution is 6.30. The average Bonchev–Trinajstić information content (AvgIpc) is 2.56. The van der Waals surface area contributed by atoms with Crippen molar-refractivity contribution in [3.8, 4) is 5.75 Å². The normalized spacial score (nSPS) is 19.6. The van der Waals surface area contributed by atoms with Crippen molar-refractivity contribution in [2.75, 3.05) is 19.7 Å². The van der Waals surface area contributed by atoms with E-state index in [1.807, 2.05) is 30.3 Å². The molecule has 1 saturated heterocycles. The maximum atomic E-state index is 14.0. The third-order valence-electron chi connectivity index (χ3n) is 3.57. The van der Waals surface area contributed by atoms with Crippen LogP contribution >= 0.6 is 11.6 Å². The van der Waals surface area contributed by atoms with Gasteiger partial charge >= 0.3 is 0 Å². The molecule has 0 saturated carbocycles. The molecular weight excluding hydrogens is 305 g/mol.